The van der Waals surface area contributed by atoms with E-state index in [1.54, 1.807) is 6.92 Å². The fourth-order valence-electron chi connectivity index (χ4n) is 1.54. The molecule has 1 rings (SSSR count). The predicted octanol–water partition coefficient (Wildman–Crippen LogP) is 4.51. The van der Waals surface area contributed by atoms with E-state index in [0.717, 1.165) is 18.2 Å². The van der Waals surface area contributed by atoms with Crippen LogP contribution in [0.3, 0.4) is 0 Å². The van der Waals surface area contributed by atoms with Gasteiger partial charge < -0.3 is 5.32 Å². The number of nitrogens with zero attached hydrogens (tertiary/aromatic N) is 1. The van der Waals surface area contributed by atoms with Crippen LogP contribution in [0.15, 0.2) is 46.1 Å². The highest BCUT2D eigenvalue weighted by Gasteiger charge is 2.30. The standard InChI is InChI=1S/C14H15BrF3N3O/c1-3-5-9(6-7-10(4-2)14(16,17)18)13(22)19-12-8-11(15)20-21-12/h4-8H,3H2,1-2H3,(H2,19,20,21,22)/b7-6-,9-5-,10-4+. The van der Waals surface area contributed by atoms with Crippen LogP contribution in [0.4, 0.5) is 19.0 Å². The highest BCUT2D eigenvalue weighted by atomic mass is 79.9. The lowest BCUT2D eigenvalue weighted by Crippen LogP contribution is -2.14. The first kappa shape index (κ1) is 18.2. The number of anilines is 1. The monoisotopic (exact) mass is 377 g/mol. The molecule has 0 spiro atoms. The van der Waals surface area contributed by atoms with Gasteiger partial charge in [0.1, 0.15) is 4.60 Å². The summed E-state index contributed by atoms with van der Waals surface area (Å²) in [6.45, 7) is 3.07. The summed E-state index contributed by atoms with van der Waals surface area (Å²) in [5.74, 6) is -0.260. The van der Waals surface area contributed by atoms with E-state index in [2.05, 4.69) is 31.4 Å². The lowest BCUT2D eigenvalue weighted by molar-refractivity contribution is -0.112. The number of halogens is 4. The maximum atomic E-state index is 12.6. The summed E-state index contributed by atoms with van der Waals surface area (Å²) < 4.78 is 38.5. The van der Waals surface area contributed by atoms with Crippen molar-refractivity contribution in [3.05, 3.63) is 46.1 Å². The molecule has 1 amide bonds. The molecule has 0 aliphatic heterocycles. The molecule has 0 fully saturated rings. The topological polar surface area (TPSA) is 57.8 Å². The third-order valence-corrected chi connectivity index (χ3v) is 2.96. The summed E-state index contributed by atoms with van der Waals surface area (Å²) in [6.07, 6.45) is 0.561. The molecule has 4 nitrogen and oxygen atoms in total. The van der Waals surface area contributed by atoms with Gasteiger partial charge in [0.15, 0.2) is 5.82 Å². The Morgan fingerprint density at radius 1 is 1.45 bits per heavy atom. The SMILES string of the molecule is C\C=C(/C=C\C(=C\CC)C(=O)Nc1cc(Br)[nH]n1)C(F)(F)F. The van der Waals surface area contributed by atoms with Crippen molar-refractivity contribution in [2.24, 2.45) is 0 Å². The summed E-state index contributed by atoms with van der Waals surface area (Å²) in [6, 6.07) is 1.54. The summed E-state index contributed by atoms with van der Waals surface area (Å²) in [4.78, 5) is 12.1. The second-order valence-corrected chi connectivity index (χ2v) is 5.05. The Bertz CT molecular complexity index is 615. The number of alkyl halides is 3. The van der Waals surface area contributed by atoms with Gasteiger partial charge in [0.25, 0.3) is 5.91 Å². The van der Waals surface area contributed by atoms with E-state index in [0.29, 0.717) is 11.0 Å². The van der Waals surface area contributed by atoms with Crippen molar-refractivity contribution in [2.45, 2.75) is 26.4 Å². The third kappa shape index (κ3) is 5.51. The Hall–Kier alpha value is -1.83. The molecule has 8 heteroatoms. The number of hydrogen-bond donors (Lipinski definition) is 2. The van der Waals surface area contributed by atoms with Crippen LogP contribution in [-0.4, -0.2) is 22.3 Å². The van der Waals surface area contributed by atoms with Gasteiger partial charge in [-0.2, -0.15) is 18.3 Å². The minimum atomic E-state index is -4.45. The van der Waals surface area contributed by atoms with Crippen LogP contribution in [0, 0.1) is 0 Å². The molecule has 2 N–H and O–H groups in total. The van der Waals surface area contributed by atoms with E-state index in [9.17, 15) is 18.0 Å². The Labute approximate surface area is 134 Å². The number of aromatic nitrogens is 2. The van der Waals surface area contributed by atoms with E-state index in [1.165, 1.54) is 19.1 Å². The van der Waals surface area contributed by atoms with Gasteiger partial charge in [-0.1, -0.05) is 19.1 Å². The van der Waals surface area contributed by atoms with Gasteiger partial charge in [-0.25, -0.2) is 0 Å². The van der Waals surface area contributed by atoms with Crippen LogP contribution in [0.2, 0.25) is 0 Å². The molecular weight excluding hydrogens is 363 g/mol. The van der Waals surface area contributed by atoms with Gasteiger partial charge in [-0.15, -0.1) is 0 Å². The Morgan fingerprint density at radius 2 is 2.14 bits per heavy atom. The van der Waals surface area contributed by atoms with E-state index in [1.807, 2.05) is 0 Å². The quantitative estimate of drug-likeness (QED) is 0.585. The number of carbonyl (C=O) groups excluding carboxylic acids is 1. The molecule has 0 aliphatic rings. The van der Waals surface area contributed by atoms with Gasteiger partial charge in [0.2, 0.25) is 0 Å². The highest BCUT2D eigenvalue weighted by molar-refractivity contribution is 9.10. The minimum absolute atomic E-state index is 0.130. The normalized spacial score (nSPS) is 13.7. The molecule has 0 aliphatic carbocycles. The maximum absolute atomic E-state index is 12.6. The molecule has 0 saturated heterocycles. The molecule has 1 aromatic rings. The number of H-pyrrole nitrogens is 1. The number of aromatic amines is 1. The number of carbonyl (C=O) groups is 1. The molecular formula is C14H15BrF3N3O. The molecule has 0 aromatic carbocycles. The minimum Gasteiger partial charge on any atom is -0.305 e. The number of allylic oxidation sites excluding steroid dienone is 4. The van der Waals surface area contributed by atoms with Crippen LogP contribution in [-0.2, 0) is 4.79 Å². The lowest BCUT2D eigenvalue weighted by Gasteiger charge is -2.07. The van der Waals surface area contributed by atoms with Gasteiger partial charge in [0.05, 0.1) is 5.57 Å². The Balaban J connectivity index is 2.90. The zero-order valence-corrected chi connectivity index (χ0v) is 13.5. The second-order valence-electron chi connectivity index (χ2n) is 4.20. The highest BCUT2D eigenvalue weighted by Crippen LogP contribution is 2.26. The van der Waals surface area contributed by atoms with E-state index >= 15 is 0 Å². The van der Waals surface area contributed by atoms with Crippen LogP contribution < -0.4 is 5.32 Å². The number of nitrogens with one attached hydrogen (secondary N) is 2. The molecule has 1 aromatic heterocycles. The first-order valence-corrected chi connectivity index (χ1v) is 7.21. The fourth-order valence-corrected chi connectivity index (χ4v) is 1.85. The average Bonchev–Trinajstić information content (AvgIpc) is 2.82. The number of amides is 1. The van der Waals surface area contributed by atoms with Crippen molar-refractivity contribution < 1.29 is 18.0 Å². The van der Waals surface area contributed by atoms with Crippen molar-refractivity contribution in [3.63, 3.8) is 0 Å². The summed E-state index contributed by atoms with van der Waals surface area (Å²) >= 11 is 3.14. The zero-order valence-electron chi connectivity index (χ0n) is 12.0. The molecule has 0 atom stereocenters. The summed E-state index contributed by atoms with van der Waals surface area (Å²) in [5, 5.41) is 8.88. The smallest absolute Gasteiger partial charge is 0.305 e. The number of rotatable bonds is 5. The Kier molecular flexibility index (Phi) is 6.61. The van der Waals surface area contributed by atoms with Crippen LogP contribution >= 0.6 is 15.9 Å². The molecule has 0 radical (unpaired) electrons. The van der Waals surface area contributed by atoms with Gasteiger partial charge in [-0.05, 0) is 41.4 Å². The van der Waals surface area contributed by atoms with Crippen molar-refractivity contribution in [1.29, 1.82) is 0 Å². The molecule has 0 saturated carbocycles. The fraction of sp³-hybridized carbons (Fsp3) is 0.286. The molecule has 0 bridgehead atoms. The van der Waals surface area contributed by atoms with E-state index < -0.39 is 17.7 Å². The van der Waals surface area contributed by atoms with Crippen LogP contribution in [0.1, 0.15) is 20.3 Å². The predicted molar refractivity (Wildman–Crippen MR) is 82.2 cm³/mol. The van der Waals surface area contributed by atoms with Crippen LogP contribution in [0.5, 0.6) is 0 Å². The number of hydrogen-bond acceptors (Lipinski definition) is 2. The molecule has 0 unspecified atom stereocenters. The summed E-state index contributed by atoms with van der Waals surface area (Å²) in [5.41, 5.74) is -0.685. The van der Waals surface area contributed by atoms with Crippen molar-refractivity contribution in [2.75, 3.05) is 5.32 Å². The molecule has 22 heavy (non-hydrogen) atoms. The molecule has 120 valence electrons. The first-order valence-electron chi connectivity index (χ1n) is 6.42. The van der Waals surface area contributed by atoms with Gasteiger partial charge >= 0.3 is 6.18 Å². The Morgan fingerprint density at radius 3 is 2.59 bits per heavy atom. The summed E-state index contributed by atoms with van der Waals surface area (Å²) in [7, 11) is 0. The van der Waals surface area contributed by atoms with E-state index in [4.69, 9.17) is 0 Å². The van der Waals surface area contributed by atoms with Crippen LogP contribution in [0.25, 0.3) is 0 Å². The maximum Gasteiger partial charge on any atom is 0.416 e. The molecule has 1 heterocycles. The van der Waals surface area contributed by atoms with Crippen molar-refractivity contribution >= 4 is 27.7 Å². The van der Waals surface area contributed by atoms with Gasteiger partial charge in [0, 0.05) is 11.6 Å². The lowest BCUT2D eigenvalue weighted by atomic mass is 10.1. The van der Waals surface area contributed by atoms with Crippen molar-refractivity contribution in [1.82, 2.24) is 10.2 Å². The van der Waals surface area contributed by atoms with E-state index in [-0.39, 0.29) is 11.4 Å². The first-order chi connectivity index (χ1) is 10.3. The van der Waals surface area contributed by atoms with Gasteiger partial charge in [-0.3, -0.25) is 9.89 Å². The average molecular weight is 378 g/mol. The third-order valence-electron chi connectivity index (χ3n) is 2.56. The van der Waals surface area contributed by atoms with Crippen molar-refractivity contribution in [3.8, 4) is 0 Å². The second kappa shape index (κ2) is 7.98. The largest absolute Gasteiger partial charge is 0.416 e. The zero-order chi connectivity index (χ0) is 16.8.